The zero-order valence-electron chi connectivity index (χ0n) is 8.09. The van der Waals surface area contributed by atoms with Gasteiger partial charge in [-0.3, -0.25) is 4.21 Å². The van der Waals surface area contributed by atoms with Crippen LogP contribution < -0.4 is 0 Å². The van der Waals surface area contributed by atoms with Crippen molar-refractivity contribution < 1.29 is 8.60 Å². The molecule has 0 saturated carbocycles. The van der Waals surface area contributed by atoms with E-state index in [0.29, 0.717) is 0 Å². The fourth-order valence-corrected chi connectivity index (χ4v) is 1.85. The summed E-state index contributed by atoms with van der Waals surface area (Å²) >= 11 is 5.62. The molecule has 16 heavy (non-hydrogen) atoms. The Kier molecular flexibility index (Phi) is 2.97. The molecule has 2 aromatic rings. The summed E-state index contributed by atoms with van der Waals surface area (Å²) in [6.45, 7) is 0. The Labute approximate surface area is 97.7 Å². The van der Waals surface area contributed by atoms with Gasteiger partial charge in [0.15, 0.2) is 5.82 Å². The third-order valence-electron chi connectivity index (χ3n) is 1.84. The van der Waals surface area contributed by atoms with E-state index in [4.69, 9.17) is 11.6 Å². The van der Waals surface area contributed by atoms with E-state index in [-0.39, 0.29) is 15.9 Å². The molecule has 0 aliphatic heterocycles. The molecule has 1 atom stereocenters. The maximum absolute atomic E-state index is 13.6. The van der Waals surface area contributed by atoms with E-state index in [1.165, 1.54) is 18.4 Å². The first kappa shape index (κ1) is 11.2. The number of aromatic nitrogens is 4. The standard InChI is InChI=1S/C8H6ClFN4OS/c1-16(15)8-11-12-13-14(8)7-3-2-5(9)4-6(7)10/h2-4H,1H3. The Bertz CT molecular complexity index is 559. The average molecular weight is 261 g/mol. The zero-order chi connectivity index (χ0) is 11.7. The van der Waals surface area contributed by atoms with Crippen molar-refractivity contribution in [1.29, 1.82) is 0 Å². The molecule has 0 saturated heterocycles. The van der Waals surface area contributed by atoms with Crippen LogP contribution in [0.4, 0.5) is 4.39 Å². The minimum Gasteiger partial charge on any atom is -0.251 e. The molecule has 1 unspecified atom stereocenters. The molecule has 0 amide bonds. The highest BCUT2D eigenvalue weighted by atomic mass is 35.5. The Morgan fingerprint density at radius 1 is 1.50 bits per heavy atom. The maximum Gasteiger partial charge on any atom is 0.244 e. The second-order valence-electron chi connectivity index (χ2n) is 2.92. The van der Waals surface area contributed by atoms with Crippen molar-refractivity contribution >= 4 is 22.4 Å². The fourth-order valence-electron chi connectivity index (χ4n) is 1.16. The van der Waals surface area contributed by atoms with E-state index in [1.54, 1.807) is 0 Å². The first-order valence-electron chi connectivity index (χ1n) is 4.17. The van der Waals surface area contributed by atoms with Crippen LogP contribution in [0.3, 0.4) is 0 Å². The lowest BCUT2D eigenvalue weighted by atomic mass is 10.3. The normalized spacial score (nSPS) is 12.7. The van der Waals surface area contributed by atoms with E-state index in [0.717, 1.165) is 10.7 Å². The smallest absolute Gasteiger partial charge is 0.244 e. The van der Waals surface area contributed by atoms with Crippen molar-refractivity contribution in [3.8, 4) is 5.69 Å². The Morgan fingerprint density at radius 2 is 2.25 bits per heavy atom. The molecule has 0 radical (unpaired) electrons. The molecule has 8 heteroatoms. The molecule has 0 N–H and O–H groups in total. The molecular formula is C8H6ClFN4OS. The predicted octanol–water partition coefficient (Wildman–Crippen LogP) is 1.19. The summed E-state index contributed by atoms with van der Waals surface area (Å²) in [6.07, 6.45) is 1.41. The molecule has 0 fully saturated rings. The Balaban J connectivity index is 2.59. The number of nitrogens with zero attached hydrogens (tertiary/aromatic N) is 4. The molecule has 1 aromatic heterocycles. The Morgan fingerprint density at radius 3 is 2.88 bits per heavy atom. The van der Waals surface area contributed by atoms with Crippen LogP contribution in [0.5, 0.6) is 0 Å². The molecule has 0 aliphatic carbocycles. The number of hydrogen-bond acceptors (Lipinski definition) is 4. The number of benzene rings is 1. The van der Waals surface area contributed by atoms with Crippen molar-refractivity contribution in [2.75, 3.05) is 6.26 Å². The van der Waals surface area contributed by atoms with Crippen molar-refractivity contribution in [2.24, 2.45) is 0 Å². The molecule has 84 valence electrons. The molecular weight excluding hydrogens is 255 g/mol. The van der Waals surface area contributed by atoms with Gasteiger partial charge in [-0.25, -0.2) is 4.39 Å². The van der Waals surface area contributed by atoms with Crippen molar-refractivity contribution in [2.45, 2.75) is 5.16 Å². The van der Waals surface area contributed by atoms with Crippen LogP contribution in [0.2, 0.25) is 5.02 Å². The Hall–Kier alpha value is -1.34. The lowest BCUT2D eigenvalue weighted by molar-refractivity contribution is 0.596. The predicted molar refractivity (Wildman–Crippen MR) is 56.5 cm³/mol. The lowest BCUT2D eigenvalue weighted by Crippen LogP contribution is -2.06. The quantitative estimate of drug-likeness (QED) is 0.814. The molecule has 5 nitrogen and oxygen atoms in total. The van der Waals surface area contributed by atoms with Crippen molar-refractivity contribution in [3.63, 3.8) is 0 Å². The summed E-state index contributed by atoms with van der Waals surface area (Å²) in [6, 6.07) is 4.06. The topological polar surface area (TPSA) is 60.7 Å². The third-order valence-corrected chi connectivity index (χ3v) is 2.84. The van der Waals surface area contributed by atoms with Gasteiger partial charge in [0.1, 0.15) is 5.69 Å². The van der Waals surface area contributed by atoms with Crippen molar-refractivity contribution in [3.05, 3.63) is 29.0 Å². The maximum atomic E-state index is 13.6. The number of hydrogen-bond donors (Lipinski definition) is 0. The second kappa shape index (κ2) is 4.26. The zero-order valence-corrected chi connectivity index (χ0v) is 9.67. The summed E-state index contributed by atoms with van der Waals surface area (Å²) in [5.74, 6) is -0.577. The van der Waals surface area contributed by atoms with Crippen LogP contribution in [0.25, 0.3) is 5.69 Å². The van der Waals surface area contributed by atoms with E-state index in [9.17, 15) is 8.60 Å². The molecule has 0 aliphatic rings. The highest BCUT2D eigenvalue weighted by molar-refractivity contribution is 7.84. The van der Waals surface area contributed by atoms with E-state index in [1.807, 2.05) is 0 Å². The van der Waals surface area contributed by atoms with Gasteiger partial charge in [0.2, 0.25) is 5.16 Å². The van der Waals surface area contributed by atoms with Gasteiger partial charge in [-0.05, 0) is 28.6 Å². The fraction of sp³-hybridized carbons (Fsp3) is 0.125. The minimum atomic E-state index is -1.40. The summed E-state index contributed by atoms with van der Waals surface area (Å²) < 4.78 is 25.9. The van der Waals surface area contributed by atoms with Crippen LogP contribution >= 0.6 is 11.6 Å². The SMILES string of the molecule is CS(=O)c1nnnn1-c1ccc(Cl)cc1F. The van der Waals surface area contributed by atoms with E-state index in [2.05, 4.69) is 15.5 Å². The summed E-state index contributed by atoms with van der Waals surface area (Å²) in [7, 11) is -1.40. The second-order valence-corrected chi connectivity index (χ2v) is 4.63. The van der Waals surface area contributed by atoms with Crippen LogP contribution in [0.1, 0.15) is 0 Å². The van der Waals surface area contributed by atoms with Crippen LogP contribution in [0.15, 0.2) is 23.4 Å². The van der Waals surface area contributed by atoms with Crippen LogP contribution in [0, 0.1) is 5.82 Å². The highest BCUT2D eigenvalue weighted by Crippen LogP contribution is 2.18. The van der Waals surface area contributed by atoms with Gasteiger partial charge >= 0.3 is 0 Å². The van der Waals surface area contributed by atoms with Gasteiger partial charge in [-0.15, -0.1) is 0 Å². The first-order valence-corrected chi connectivity index (χ1v) is 6.10. The highest BCUT2D eigenvalue weighted by Gasteiger charge is 2.14. The van der Waals surface area contributed by atoms with Gasteiger partial charge in [0, 0.05) is 11.3 Å². The van der Waals surface area contributed by atoms with Gasteiger partial charge in [-0.1, -0.05) is 16.7 Å². The van der Waals surface area contributed by atoms with Gasteiger partial charge in [-0.2, -0.15) is 4.68 Å². The van der Waals surface area contributed by atoms with E-state index >= 15 is 0 Å². The van der Waals surface area contributed by atoms with Crippen LogP contribution in [-0.2, 0) is 10.8 Å². The largest absolute Gasteiger partial charge is 0.251 e. The average Bonchev–Trinajstić information content (AvgIpc) is 2.66. The molecule has 1 aromatic carbocycles. The molecule has 2 rings (SSSR count). The number of tetrazole rings is 1. The number of halogens is 2. The van der Waals surface area contributed by atoms with Crippen molar-refractivity contribution in [1.82, 2.24) is 20.2 Å². The monoisotopic (exact) mass is 260 g/mol. The van der Waals surface area contributed by atoms with E-state index < -0.39 is 16.6 Å². The summed E-state index contributed by atoms with van der Waals surface area (Å²) in [5.41, 5.74) is 0.111. The summed E-state index contributed by atoms with van der Waals surface area (Å²) in [4.78, 5) is 0. The van der Waals surface area contributed by atoms with Gasteiger partial charge < -0.3 is 0 Å². The lowest BCUT2D eigenvalue weighted by Gasteiger charge is -2.03. The molecule has 1 heterocycles. The first-order chi connectivity index (χ1) is 7.59. The number of rotatable bonds is 2. The third kappa shape index (κ3) is 1.96. The van der Waals surface area contributed by atoms with Crippen LogP contribution in [-0.4, -0.2) is 30.7 Å². The van der Waals surface area contributed by atoms with Gasteiger partial charge in [0.25, 0.3) is 0 Å². The molecule has 0 spiro atoms. The minimum absolute atomic E-state index is 0.0845. The molecule has 0 bridgehead atoms. The summed E-state index contributed by atoms with van der Waals surface area (Å²) in [5, 5.41) is 10.8. The van der Waals surface area contributed by atoms with Gasteiger partial charge in [0.05, 0.1) is 10.8 Å².